The van der Waals surface area contributed by atoms with E-state index in [2.05, 4.69) is 6.58 Å². The first-order valence-electron chi connectivity index (χ1n) is 6.27. The van der Waals surface area contributed by atoms with Crippen molar-refractivity contribution in [2.45, 2.75) is 12.0 Å². The molecule has 94 valence electrons. The summed E-state index contributed by atoms with van der Waals surface area (Å²) >= 11 is 0. The summed E-state index contributed by atoms with van der Waals surface area (Å²) in [5.41, 5.74) is 0.566. The molecule has 2 nitrogen and oxygen atoms in total. The van der Waals surface area contributed by atoms with Gasteiger partial charge in [0.1, 0.15) is 5.75 Å². The summed E-state index contributed by atoms with van der Waals surface area (Å²) in [6, 6.07) is 17.0. The van der Waals surface area contributed by atoms with Gasteiger partial charge in [0.2, 0.25) is 5.78 Å². The largest absolute Gasteiger partial charge is 0.473 e. The predicted molar refractivity (Wildman–Crippen MR) is 74.3 cm³/mol. The molecule has 0 spiro atoms. The molecule has 19 heavy (non-hydrogen) atoms. The molecular formula is C17H14O2. The summed E-state index contributed by atoms with van der Waals surface area (Å²) in [5.74, 6) is 0.660. The Kier molecular flexibility index (Phi) is 2.71. The van der Waals surface area contributed by atoms with Crippen molar-refractivity contribution in [3.63, 3.8) is 0 Å². The van der Waals surface area contributed by atoms with Crippen molar-refractivity contribution in [3.8, 4) is 5.75 Å². The Morgan fingerprint density at radius 2 is 1.74 bits per heavy atom. The molecule has 1 aliphatic rings. The van der Waals surface area contributed by atoms with Crippen LogP contribution in [-0.4, -0.2) is 5.78 Å². The molecule has 0 aliphatic carbocycles. The maximum Gasteiger partial charge on any atom is 0.215 e. The van der Waals surface area contributed by atoms with Gasteiger partial charge in [-0.3, -0.25) is 4.79 Å². The van der Waals surface area contributed by atoms with Crippen LogP contribution in [0.1, 0.15) is 22.3 Å². The second-order valence-corrected chi connectivity index (χ2v) is 4.61. The summed E-state index contributed by atoms with van der Waals surface area (Å²) in [7, 11) is 0. The number of hydrogen-bond donors (Lipinski definition) is 0. The van der Waals surface area contributed by atoms with E-state index in [4.69, 9.17) is 4.74 Å². The van der Waals surface area contributed by atoms with E-state index in [9.17, 15) is 4.79 Å². The molecule has 0 radical (unpaired) electrons. The van der Waals surface area contributed by atoms with Crippen LogP contribution >= 0.6 is 0 Å². The monoisotopic (exact) mass is 250 g/mol. The van der Waals surface area contributed by atoms with Gasteiger partial charge < -0.3 is 4.74 Å². The molecule has 3 rings (SSSR count). The van der Waals surface area contributed by atoms with Crippen LogP contribution in [0.3, 0.4) is 0 Å². The molecule has 2 aromatic rings. The topological polar surface area (TPSA) is 26.3 Å². The third-order valence-corrected chi connectivity index (χ3v) is 3.45. The van der Waals surface area contributed by atoms with Gasteiger partial charge in [0.05, 0.1) is 5.56 Å². The number of Topliss-reactive ketones (excluding diaryl/α,β-unsaturated/α-hetero) is 1. The fourth-order valence-corrected chi connectivity index (χ4v) is 2.55. The molecular weight excluding hydrogens is 236 g/mol. The molecule has 1 heterocycles. The fraction of sp³-hybridized carbons (Fsp3) is 0.118. The molecule has 1 atom stereocenters. The average molecular weight is 250 g/mol. The van der Waals surface area contributed by atoms with Crippen molar-refractivity contribution in [1.29, 1.82) is 0 Å². The SMILES string of the molecule is C=CCC1(c2ccccc2)Oc2ccccc2C1=O. The first-order chi connectivity index (χ1) is 9.28. The van der Waals surface area contributed by atoms with Crippen LogP contribution in [0.15, 0.2) is 67.3 Å². The minimum Gasteiger partial charge on any atom is -0.473 e. The minimum absolute atomic E-state index is 0.00852. The third kappa shape index (κ3) is 1.68. The lowest BCUT2D eigenvalue weighted by atomic mass is 9.85. The molecule has 0 saturated heterocycles. The van der Waals surface area contributed by atoms with E-state index in [1.165, 1.54) is 0 Å². The van der Waals surface area contributed by atoms with Gasteiger partial charge in [0.15, 0.2) is 5.60 Å². The van der Waals surface area contributed by atoms with Crippen molar-refractivity contribution >= 4 is 5.78 Å². The summed E-state index contributed by atoms with van der Waals surface area (Å²) in [4.78, 5) is 12.7. The highest BCUT2D eigenvalue weighted by molar-refractivity contribution is 6.08. The van der Waals surface area contributed by atoms with Gasteiger partial charge in [0.25, 0.3) is 0 Å². The highest BCUT2D eigenvalue weighted by atomic mass is 16.5. The van der Waals surface area contributed by atoms with Crippen LogP contribution in [0, 0.1) is 0 Å². The van der Waals surface area contributed by atoms with Gasteiger partial charge >= 0.3 is 0 Å². The molecule has 1 unspecified atom stereocenters. The van der Waals surface area contributed by atoms with E-state index in [1.54, 1.807) is 6.08 Å². The van der Waals surface area contributed by atoms with Crippen LogP contribution in [0.25, 0.3) is 0 Å². The number of para-hydroxylation sites is 1. The number of hydrogen-bond acceptors (Lipinski definition) is 2. The Hall–Kier alpha value is -2.35. The van der Waals surface area contributed by atoms with E-state index in [1.807, 2.05) is 54.6 Å². The maximum atomic E-state index is 12.7. The lowest BCUT2D eigenvalue weighted by Crippen LogP contribution is -2.36. The predicted octanol–water partition coefficient (Wildman–Crippen LogP) is 3.73. The Labute approximate surface area is 112 Å². The molecule has 0 aromatic heterocycles. The van der Waals surface area contributed by atoms with Gasteiger partial charge in [-0.05, 0) is 12.1 Å². The number of fused-ring (bicyclic) bond motifs is 1. The molecule has 0 amide bonds. The van der Waals surface area contributed by atoms with Crippen LogP contribution < -0.4 is 4.74 Å². The van der Waals surface area contributed by atoms with Crippen LogP contribution in [0.5, 0.6) is 5.75 Å². The molecule has 1 aliphatic heterocycles. The molecule has 0 fully saturated rings. The quantitative estimate of drug-likeness (QED) is 0.776. The summed E-state index contributed by atoms with van der Waals surface area (Å²) in [5, 5.41) is 0. The zero-order chi connectivity index (χ0) is 13.3. The first-order valence-corrected chi connectivity index (χ1v) is 6.27. The number of carbonyl (C=O) groups excluding carboxylic acids is 1. The van der Waals surface area contributed by atoms with Crippen molar-refractivity contribution < 1.29 is 9.53 Å². The summed E-state index contributed by atoms with van der Waals surface area (Å²) in [6.45, 7) is 3.76. The Balaban J connectivity index is 2.16. The Bertz CT molecular complexity index is 631. The van der Waals surface area contributed by atoms with E-state index in [-0.39, 0.29) is 5.78 Å². The standard InChI is InChI=1S/C17H14O2/c1-2-12-17(13-8-4-3-5-9-13)16(18)14-10-6-7-11-15(14)19-17/h2-11H,1,12H2. The molecule has 2 heteroatoms. The van der Waals surface area contributed by atoms with Crippen LogP contribution in [0.2, 0.25) is 0 Å². The molecule has 0 N–H and O–H groups in total. The molecule has 0 bridgehead atoms. The number of ketones is 1. The zero-order valence-electron chi connectivity index (χ0n) is 10.5. The van der Waals surface area contributed by atoms with Crippen molar-refractivity contribution in [2.24, 2.45) is 0 Å². The number of rotatable bonds is 3. The van der Waals surface area contributed by atoms with E-state index >= 15 is 0 Å². The van der Waals surface area contributed by atoms with Crippen LogP contribution in [-0.2, 0) is 5.60 Å². The Morgan fingerprint density at radius 3 is 2.42 bits per heavy atom. The Morgan fingerprint density at radius 1 is 1.05 bits per heavy atom. The van der Waals surface area contributed by atoms with Gasteiger partial charge in [-0.25, -0.2) is 0 Å². The summed E-state index contributed by atoms with van der Waals surface area (Å²) < 4.78 is 6.01. The number of ether oxygens (including phenoxy) is 1. The van der Waals surface area contributed by atoms with Gasteiger partial charge in [-0.2, -0.15) is 0 Å². The smallest absolute Gasteiger partial charge is 0.215 e. The fourth-order valence-electron chi connectivity index (χ4n) is 2.55. The van der Waals surface area contributed by atoms with Crippen molar-refractivity contribution in [1.82, 2.24) is 0 Å². The van der Waals surface area contributed by atoms with Crippen LogP contribution in [0.4, 0.5) is 0 Å². The average Bonchev–Trinajstić information content (AvgIpc) is 2.75. The van der Waals surface area contributed by atoms with E-state index in [0.717, 1.165) is 5.56 Å². The first kappa shape index (κ1) is 11.7. The highest BCUT2D eigenvalue weighted by Crippen LogP contribution is 2.43. The second-order valence-electron chi connectivity index (χ2n) is 4.61. The number of benzene rings is 2. The number of carbonyl (C=O) groups is 1. The lowest BCUT2D eigenvalue weighted by Gasteiger charge is -2.26. The van der Waals surface area contributed by atoms with Crippen molar-refractivity contribution in [3.05, 3.63) is 78.4 Å². The lowest BCUT2D eigenvalue weighted by molar-refractivity contribution is 0.0560. The minimum atomic E-state index is -0.952. The van der Waals surface area contributed by atoms with Gasteiger partial charge in [0, 0.05) is 12.0 Å². The summed E-state index contributed by atoms with van der Waals surface area (Å²) in [6.07, 6.45) is 2.20. The van der Waals surface area contributed by atoms with Gasteiger partial charge in [-0.15, -0.1) is 6.58 Å². The maximum absolute atomic E-state index is 12.7. The molecule has 2 aromatic carbocycles. The normalized spacial score (nSPS) is 20.7. The van der Waals surface area contributed by atoms with E-state index < -0.39 is 5.60 Å². The van der Waals surface area contributed by atoms with E-state index in [0.29, 0.717) is 17.7 Å². The zero-order valence-corrected chi connectivity index (χ0v) is 10.5. The van der Waals surface area contributed by atoms with Gasteiger partial charge in [-0.1, -0.05) is 48.5 Å². The second kappa shape index (κ2) is 4.39. The third-order valence-electron chi connectivity index (χ3n) is 3.45. The highest BCUT2D eigenvalue weighted by Gasteiger charge is 2.48. The molecule has 0 saturated carbocycles. The van der Waals surface area contributed by atoms with Crippen molar-refractivity contribution in [2.75, 3.05) is 0 Å².